The van der Waals surface area contributed by atoms with E-state index in [9.17, 15) is 5.11 Å². The predicted octanol–water partition coefficient (Wildman–Crippen LogP) is 5.15. The Kier molecular flexibility index (Phi) is 5.68. The minimum absolute atomic E-state index is 0.0348. The molecule has 3 heteroatoms. The normalized spacial score (nSPS) is 12.6. The second-order valence-corrected chi connectivity index (χ2v) is 10.7. The van der Waals surface area contributed by atoms with Crippen molar-refractivity contribution in [3.63, 3.8) is 0 Å². The molecule has 0 spiro atoms. The molecule has 27 heavy (non-hydrogen) atoms. The molecule has 2 nitrogen and oxygen atoms in total. The smallest absolute Gasteiger partial charge is 0.315 e. The van der Waals surface area contributed by atoms with E-state index in [1.807, 2.05) is 81.2 Å². The van der Waals surface area contributed by atoms with Crippen LogP contribution < -0.4 is 15.9 Å². The van der Waals surface area contributed by atoms with Crippen molar-refractivity contribution in [1.29, 1.82) is 0 Å². The van der Waals surface area contributed by atoms with Crippen molar-refractivity contribution in [2.75, 3.05) is 0 Å². The molecular weight excluding hydrogens is 351 g/mol. The lowest BCUT2D eigenvalue weighted by Crippen LogP contribution is -2.30. The fourth-order valence-electron chi connectivity index (χ4n) is 3.17. The van der Waals surface area contributed by atoms with Gasteiger partial charge in [-0.05, 0) is 57.2 Å². The Morgan fingerprint density at radius 3 is 1.33 bits per heavy atom. The van der Waals surface area contributed by atoms with Gasteiger partial charge in [-0.25, -0.2) is 0 Å². The quantitative estimate of drug-likeness (QED) is 0.492. The molecule has 0 unspecified atom stereocenters. The molecule has 0 aliphatic heterocycles. The van der Waals surface area contributed by atoms with Crippen LogP contribution in [0, 0.1) is 0 Å². The molecule has 0 saturated carbocycles. The van der Waals surface area contributed by atoms with E-state index >= 15 is 0 Å². The van der Waals surface area contributed by atoms with Crippen LogP contribution in [0.5, 0.6) is 0 Å². The molecule has 0 fully saturated rings. The molecule has 0 aliphatic rings. The zero-order chi connectivity index (χ0) is 19.3. The summed E-state index contributed by atoms with van der Waals surface area (Å²) in [5.41, 5.74) is -0.472. The van der Waals surface area contributed by atoms with Gasteiger partial charge in [0.15, 0.2) is 5.82 Å². The van der Waals surface area contributed by atoms with E-state index in [2.05, 4.69) is 36.4 Å². The van der Waals surface area contributed by atoms with Crippen molar-refractivity contribution in [2.24, 2.45) is 0 Å². The first-order chi connectivity index (χ1) is 12.9. The first kappa shape index (κ1) is 19.2. The third kappa shape index (κ3) is 4.40. The summed E-state index contributed by atoms with van der Waals surface area (Å²) < 4.78 is 5.80. The molecule has 0 radical (unpaired) electrons. The average Bonchev–Trinajstić information content (AvgIpc) is 2.67. The Labute approximate surface area is 162 Å². The molecule has 3 aromatic rings. The van der Waals surface area contributed by atoms with Crippen molar-refractivity contribution in [1.82, 2.24) is 0 Å². The lowest BCUT2D eigenvalue weighted by atomic mass is 10.2. The van der Waals surface area contributed by atoms with Crippen molar-refractivity contribution in [3.8, 4) is 0 Å². The molecule has 0 amide bonds. The van der Waals surface area contributed by atoms with Crippen molar-refractivity contribution in [2.45, 2.75) is 26.4 Å². The van der Waals surface area contributed by atoms with Gasteiger partial charge >= 0.3 is 5.95 Å². The number of aliphatic hydroxyl groups excluding tert-OH is 1. The highest BCUT2D eigenvalue weighted by molar-refractivity contribution is 7.98. The predicted molar refractivity (Wildman–Crippen MR) is 117 cm³/mol. The van der Waals surface area contributed by atoms with E-state index in [4.69, 9.17) is 4.74 Å². The lowest BCUT2D eigenvalue weighted by molar-refractivity contribution is -0.0137. The van der Waals surface area contributed by atoms with Crippen molar-refractivity contribution < 1.29 is 9.84 Å². The molecule has 0 aliphatic carbocycles. The molecular formula is C24H26O2P+. The van der Waals surface area contributed by atoms with Gasteiger partial charge < -0.3 is 9.84 Å². The third-order valence-corrected chi connectivity index (χ3v) is 8.15. The SMILES string of the molecule is CC(C)(C)O/C(O)=C/[P+](c1ccccc1)(c1ccccc1)c1ccccc1. The summed E-state index contributed by atoms with van der Waals surface area (Å²) in [5.74, 6) is 1.89. The summed E-state index contributed by atoms with van der Waals surface area (Å²) in [5, 5.41) is 14.3. The summed E-state index contributed by atoms with van der Waals surface area (Å²) >= 11 is 0. The van der Waals surface area contributed by atoms with Crippen LogP contribution in [0.25, 0.3) is 0 Å². The van der Waals surface area contributed by atoms with E-state index in [-0.39, 0.29) is 5.95 Å². The minimum Gasteiger partial charge on any atom is -0.479 e. The van der Waals surface area contributed by atoms with E-state index in [1.54, 1.807) is 0 Å². The molecule has 0 saturated heterocycles. The number of aliphatic hydroxyl groups is 1. The van der Waals surface area contributed by atoms with Gasteiger partial charge in [-0.15, -0.1) is 0 Å². The zero-order valence-electron chi connectivity index (χ0n) is 16.0. The number of hydrogen-bond acceptors (Lipinski definition) is 2. The zero-order valence-corrected chi connectivity index (χ0v) is 16.9. The number of benzene rings is 3. The average molecular weight is 377 g/mol. The number of rotatable bonds is 5. The van der Waals surface area contributed by atoms with E-state index in [1.165, 1.54) is 15.9 Å². The van der Waals surface area contributed by atoms with Crippen LogP contribution in [0.1, 0.15) is 20.8 Å². The van der Waals surface area contributed by atoms with Crippen molar-refractivity contribution >= 4 is 23.2 Å². The molecule has 0 heterocycles. The van der Waals surface area contributed by atoms with Crippen LogP contribution in [0.2, 0.25) is 0 Å². The Morgan fingerprint density at radius 1 is 0.704 bits per heavy atom. The molecule has 1 N–H and O–H groups in total. The van der Waals surface area contributed by atoms with Gasteiger partial charge in [0.1, 0.15) is 28.8 Å². The highest BCUT2D eigenvalue weighted by atomic mass is 31.2. The maximum atomic E-state index is 10.8. The van der Waals surface area contributed by atoms with Crippen molar-refractivity contribution in [3.05, 3.63) is 103 Å². The van der Waals surface area contributed by atoms with E-state index in [0.717, 1.165) is 0 Å². The minimum atomic E-state index is -2.23. The summed E-state index contributed by atoms with van der Waals surface area (Å²) in [4.78, 5) is 0. The fraction of sp³-hybridized carbons (Fsp3) is 0.167. The molecule has 0 bridgehead atoms. The second-order valence-electron chi connectivity index (χ2n) is 7.41. The summed E-state index contributed by atoms with van der Waals surface area (Å²) in [7, 11) is -2.23. The molecule has 3 aromatic carbocycles. The van der Waals surface area contributed by atoms with E-state index in [0.29, 0.717) is 0 Å². The molecule has 3 rings (SSSR count). The maximum Gasteiger partial charge on any atom is 0.315 e. The lowest BCUT2D eigenvalue weighted by Gasteiger charge is -2.26. The Bertz CT molecular complexity index is 785. The van der Waals surface area contributed by atoms with Gasteiger partial charge in [0.2, 0.25) is 0 Å². The van der Waals surface area contributed by atoms with Crippen LogP contribution in [0.4, 0.5) is 0 Å². The van der Waals surface area contributed by atoms with Crippen LogP contribution in [-0.4, -0.2) is 10.7 Å². The monoisotopic (exact) mass is 377 g/mol. The van der Waals surface area contributed by atoms with E-state index < -0.39 is 12.9 Å². The Morgan fingerprint density at radius 2 is 1.04 bits per heavy atom. The first-order valence-corrected chi connectivity index (χ1v) is 10.9. The standard InChI is InChI=1S/C24H25O2P/c1-24(2,3)26-23(25)19-27(20-13-7-4-8-14-20,21-15-9-5-10-16-21)22-17-11-6-12-18-22/h4-19H,1-3H3/p+1/b23-19+. The van der Waals surface area contributed by atoms with Crippen LogP contribution in [-0.2, 0) is 4.74 Å². The van der Waals surface area contributed by atoms with Gasteiger partial charge in [0, 0.05) is 0 Å². The highest BCUT2D eigenvalue weighted by Gasteiger charge is 2.45. The molecule has 138 valence electrons. The molecule has 0 atom stereocenters. The Hall–Kier alpha value is -2.57. The fourth-order valence-corrected chi connectivity index (χ4v) is 6.82. The van der Waals surface area contributed by atoms with Crippen LogP contribution in [0.15, 0.2) is 103 Å². The highest BCUT2D eigenvalue weighted by Crippen LogP contribution is 2.57. The van der Waals surface area contributed by atoms with Gasteiger partial charge in [0.05, 0.1) is 0 Å². The summed E-state index contributed by atoms with van der Waals surface area (Å²) in [6, 6.07) is 31.1. The molecule has 0 aromatic heterocycles. The van der Waals surface area contributed by atoms with Gasteiger partial charge in [-0.3, -0.25) is 0 Å². The third-order valence-electron chi connectivity index (χ3n) is 4.21. The summed E-state index contributed by atoms with van der Waals surface area (Å²) in [6.45, 7) is 5.81. The maximum absolute atomic E-state index is 10.8. The van der Waals surface area contributed by atoms with Gasteiger partial charge in [-0.2, -0.15) is 0 Å². The van der Waals surface area contributed by atoms with Crippen LogP contribution >= 0.6 is 7.26 Å². The second kappa shape index (κ2) is 7.98. The topological polar surface area (TPSA) is 29.5 Å². The summed E-state index contributed by atoms with van der Waals surface area (Å²) in [6.07, 6.45) is 0. The van der Waals surface area contributed by atoms with Crippen LogP contribution in [0.3, 0.4) is 0 Å². The number of ether oxygens (including phenoxy) is 1. The number of hydrogen-bond donors (Lipinski definition) is 1. The van der Waals surface area contributed by atoms with Gasteiger partial charge in [0.25, 0.3) is 0 Å². The largest absolute Gasteiger partial charge is 0.479 e. The van der Waals surface area contributed by atoms with Gasteiger partial charge in [-0.1, -0.05) is 54.6 Å². The first-order valence-electron chi connectivity index (χ1n) is 9.08. The Balaban J connectivity index is 2.31.